The summed E-state index contributed by atoms with van der Waals surface area (Å²) in [7, 11) is 0. The minimum atomic E-state index is -0.0319. The Morgan fingerprint density at radius 3 is 2.94 bits per heavy atom. The zero-order valence-electron chi connectivity index (χ0n) is 8.48. The van der Waals surface area contributed by atoms with Gasteiger partial charge in [0.1, 0.15) is 10.4 Å². The Hall–Kier alpha value is -1.54. The van der Waals surface area contributed by atoms with Crippen LogP contribution in [0.1, 0.15) is 6.42 Å². The predicted molar refractivity (Wildman–Crippen MR) is 65.6 cm³/mol. The number of hydrogen-bond acceptors (Lipinski definition) is 3. The van der Waals surface area contributed by atoms with E-state index in [1.807, 2.05) is 0 Å². The van der Waals surface area contributed by atoms with Gasteiger partial charge in [0.25, 0.3) is 0 Å². The first kappa shape index (κ1) is 11.0. The maximum Gasteiger partial charge on any atom is 0.228 e. The lowest BCUT2D eigenvalue weighted by Gasteiger charge is -2.17. The molecule has 0 aromatic carbocycles. The molecule has 1 aromatic rings. The molecule has 0 spiro atoms. The number of halogens is 1. The third-order valence-corrected chi connectivity index (χ3v) is 2.96. The van der Waals surface area contributed by atoms with Crippen molar-refractivity contribution in [1.29, 1.82) is 0 Å². The van der Waals surface area contributed by atoms with Crippen molar-refractivity contribution in [2.24, 2.45) is 5.92 Å². The number of rotatable bonds is 1. The van der Waals surface area contributed by atoms with Crippen LogP contribution in [-0.4, -0.2) is 17.4 Å². The number of nitrogens with zero attached hydrogens (tertiary/aromatic N) is 2. The lowest BCUT2D eigenvalue weighted by Crippen LogP contribution is -2.25. The van der Waals surface area contributed by atoms with E-state index in [2.05, 4.69) is 26.8 Å². The number of amides is 1. The Morgan fingerprint density at radius 1 is 1.62 bits per heavy atom. The Morgan fingerprint density at radius 2 is 2.38 bits per heavy atom. The second-order valence-electron chi connectivity index (χ2n) is 3.61. The Kier molecular flexibility index (Phi) is 2.84. The van der Waals surface area contributed by atoms with Gasteiger partial charge in [-0.3, -0.25) is 4.79 Å². The molecule has 0 aliphatic carbocycles. The molecule has 0 bridgehead atoms. The van der Waals surface area contributed by atoms with Crippen molar-refractivity contribution in [2.75, 3.05) is 17.2 Å². The number of aromatic nitrogens is 1. The van der Waals surface area contributed by atoms with Crippen molar-refractivity contribution in [3.63, 3.8) is 0 Å². The van der Waals surface area contributed by atoms with E-state index in [0.29, 0.717) is 29.1 Å². The molecular weight excluding hydrogens is 270 g/mol. The average Bonchev–Trinajstić information content (AvgIpc) is 2.60. The summed E-state index contributed by atoms with van der Waals surface area (Å²) in [6.07, 6.45) is 5.70. The molecule has 2 heterocycles. The number of nitrogens with two attached hydrogens (primary N) is 1. The lowest BCUT2D eigenvalue weighted by atomic mass is 10.1. The molecule has 2 N–H and O–H groups in total. The molecule has 1 unspecified atom stereocenters. The van der Waals surface area contributed by atoms with Crippen molar-refractivity contribution < 1.29 is 4.79 Å². The van der Waals surface area contributed by atoms with Gasteiger partial charge >= 0.3 is 0 Å². The fourth-order valence-electron chi connectivity index (χ4n) is 1.72. The zero-order chi connectivity index (χ0) is 11.7. The number of hydrogen-bond donors (Lipinski definition) is 1. The number of carbonyl (C=O) groups excluding carboxylic acids is 1. The highest BCUT2D eigenvalue weighted by Crippen LogP contribution is 2.29. The van der Waals surface area contributed by atoms with Crippen molar-refractivity contribution >= 4 is 33.3 Å². The first-order valence-corrected chi connectivity index (χ1v) is 5.59. The first-order chi connectivity index (χ1) is 7.61. The summed E-state index contributed by atoms with van der Waals surface area (Å²) in [6, 6.07) is 3.52. The van der Waals surface area contributed by atoms with Crippen LogP contribution in [0.2, 0.25) is 0 Å². The molecular formula is C11H10BrN3O. The number of anilines is 2. The van der Waals surface area contributed by atoms with Gasteiger partial charge < -0.3 is 10.6 Å². The number of terminal acetylenes is 1. The van der Waals surface area contributed by atoms with E-state index < -0.39 is 0 Å². The third-order valence-electron chi connectivity index (χ3n) is 2.52. The molecule has 1 atom stereocenters. The highest BCUT2D eigenvalue weighted by molar-refractivity contribution is 9.10. The van der Waals surface area contributed by atoms with Crippen molar-refractivity contribution in [3.05, 3.63) is 16.7 Å². The Balaban J connectivity index is 2.32. The van der Waals surface area contributed by atoms with Crippen LogP contribution >= 0.6 is 15.9 Å². The van der Waals surface area contributed by atoms with Crippen LogP contribution < -0.4 is 10.6 Å². The van der Waals surface area contributed by atoms with Crippen LogP contribution in [0.4, 0.5) is 11.5 Å². The summed E-state index contributed by atoms with van der Waals surface area (Å²) in [4.78, 5) is 17.4. The van der Waals surface area contributed by atoms with Gasteiger partial charge in [-0.15, -0.1) is 12.3 Å². The molecule has 5 heteroatoms. The summed E-state index contributed by atoms with van der Waals surface area (Å²) < 4.78 is 0.647. The highest BCUT2D eigenvalue weighted by Gasteiger charge is 2.30. The van der Waals surface area contributed by atoms with Crippen LogP contribution in [0.25, 0.3) is 0 Å². The molecule has 1 aliphatic rings. The molecule has 1 aliphatic heterocycles. The molecule has 82 valence electrons. The van der Waals surface area contributed by atoms with Crippen LogP contribution in [0.15, 0.2) is 16.7 Å². The SMILES string of the molecule is C#CC1CC(=O)N(c2ccc(Br)nc2N)C1. The topological polar surface area (TPSA) is 59.2 Å². The highest BCUT2D eigenvalue weighted by atomic mass is 79.9. The van der Waals surface area contributed by atoms with Crippen LogP contribution in [0.5, 0.6) is 0 Å². The molecule has 2 rings (SSSR count). The van der Waals surface area contributed by atoms with Gasteiger partial charge in [0.2, 0.25) is 5.91 Å². The number of pyridine rings is 1. The van der Waals surface area contributed by atoms with Crippen LogP contribution in [-0.2, 0) is 4.79 Å². The van der Waals surface area contributed by atoms with E-state index in [4.69, 9.17) is 12.2 Å². The van der Waals surface area contributed by atoms with Gasteiger partial charge in [-0.1, -0.05) is 0 Å². The molecule has 1 saturated heterocycles. The zero-order valence-corrected chi connectivity index (χ0v) is 10.1. The number of carbonyl (C=O) groups is 1. The average molecular weight is 280 g/mol. The van der Waals surface area contributed by atoms with Gasteiger partial charge in [0.05, 0.1) is 5.69 Å². The van der Waals surface area contributed by atoms with E-state index in [0.717, 1.165) is 0 Å². The van der Waals surface area contributed by atoms with Crippen molar-refractivity contribution in [3.8, 4) is 12.3 Å². The Labute approximate surface area is 102 Å². The van der Waals surface area contributed by atoms with Crippen molar-refractivity contribution in [2.45, 2.75) is 6.42 Å². The molecule has 0 saturated carbocycles. The third kappa shape index (κ3) is 1.89. The number of nitrogen functional groups attached to an aromatic ring is 1. The second kappa shape index (κ2) is 4.14. The summed E-state index contributed by atoms with van der Waals surface area (Å²) in [5.74, 6) is 2.89. The van der Waals surface area contributed by atoms with Gasteiger partial charge in [-0.05, 0) is 28.1 Å². The van der Waals surface area contributed by atoms with E-state index in [1.54, 1.807) is 17.0 Å². The fraction of sp³-hybridized carbons (Fsp3) is 0.273. The largest absolute Gasteiger partial charge is 0.382 e. The van der Waals surface area contributed by atoms with Gasteiger partial charge in [-0.2, -0.15) is 0 Å². The molecule has 4 nitrogen and oxygen atoms in total. The molecule has 1 aromatic heterocycles. The quantitative estimate of drug-likeness (QED) is 0.625. The van der Waals surface area contributed by atoms with E-state index in [9.17, 15) is 4.79 Å². The summed E-state index contributed by atoms with van der Waals surface area (Å²) >= 11 is 3.22. The van der Waals surface area contributed by atoms with Crippen LogP contribution in [0.3, 0.4) is 0 Å². The van der Waals surface area contributed by atoms with Gasteiger partial charge in [0, 0.05) is 18.9 Å². The monoisotopic (exact) mass is 279 g/mol. The van der Waals surface area contributed by atoms with E-state index in [-0.39, 0.29) is 11.8 Å². The Bertz CT molecular complexity index is 481. The smallest absolute Gasteiger partial charge is 0.228 e. The van der Waals surface area contributed by atoms with E-state index in [1.165, 1.54) is 0 Å². The van der Waals surface area contributed by atoms with Gasteiger partial charge in [0.15, 0.2) is 0 Å². The maximum absolute atomic E-state index is 11.7. The molecule has 1 fully saturated rings. The minimum absolute atomic E-state index is 0.00114. The predicted octanol–water partition coefficient (Wildman–Crippen LogP) is 1.41. The molecule has 16 heavy (non-hydrogen) atoms. The van der Waals surface area contributed by atoms with Crippen molar-refractivity contribution in [1.82, 2.24) is 4.98 Å². The minimum Gasteiger partial charge on any atom is -0.382 e. The van der Waals surface area contributed by atoms with Gasteiger partial charge in [-0.25, -0.2) is 4.98 Å². The fourth-order valence-corrected chi connectivity index (χ4v) is 2.05. The first-order valence-electron chi connectivity index (χ1n) is 4.80. The van der Waals surface area contributed by atoms with Crippen LogP contribution in [0, 0.1) is 18.3 Å². The summed E-state index contributed by atoms with van der Waals surface area (Å²) in [5, 5.41) is 0. The normalized spacial score (nSPS) is 19.9. The maximum atomic E-state index is 11.7. The lowest BCUT2D eigenvalue weighted by molar-refractivity contribution is -0.117. The second-order valence-corrected chi connectivity index (χ2v) is 4.42. The molecule has 1 amide bonds. The van der Waals surface area contributed by atoms with E-state index >= 15 is 0 Å². The summed E-state index contributed by atoms with van der Waals surface area (Å²) in [5.41, 5.74) is 6.39. The summed E-state index contributed by atoms with van der Waals surface area (Å²) in [6.45, 7) is 0.517. The standard InChI is InChI=1S/C11H10BrN3O/c1-2-7-5-10(16)15(6-7)8-3-4-9(12)14-11(8)13/h1,3-4,7H,5-6H2,(H2,13,14). The molecule has 0 radical (unpaired) electrons.